The maximum absolute atomic E-state index is 12.7. The largest absolute Gasteiger partial charge is 0.573 e. The molecule has 144 valence electrons. The fourth-order valence-corrected chi connectivity index (χ4v) is 2.75. The Bertz CT molecular complexity index is 740. The van der Waals surface area contributed by atoms with E-state index >= 15 is 0 Å². The van der Waals surface area contributed by atoms with E-state index in [2.05, 4.69) is 4.74 Å². The number of ether oxygens (including phenoxy) is 2. The third-order valence-corrected chi connectivity index (χ3v) is 4.05. The summed E-state index contributed by atoms with van der Waals surface area (Å²) >= 11 is 0. The van der Waals surface area contributed by atoms with Crippen LogP contribution in [0.25, 0.3) is 0 Å². The topological polar surface area (TPSA) is 59.3 Å². The number of nitrogens with zero attached hydrogens (tertiary/aromatic N) is 1. The number of esters is 1. The molecule has 1 fully saturated rings. The van der Waals surface area contributed by atoms with Crippen molar-refractivity contribution < 1.29 is 31.8 Å². The first-order valence-corrected chi connectivity index (χ1v) is 8.27. The van der Waals surface area contributed by atoms with Crippen molar-refractivity contribution in [1.29, 1.82) is 5.26 Å². The lowest BCUT2D eigenvalue weighted by molar-refractivity contribution is -0.274. The number of halogens is 4. The summed E-state index contributed by atoms with van der Waals surface area (Å²) < 4.78 is 58.2. The number of carbonyl (C=O) groups excluding carboxylic acids is 1. The molecule has 0 aliphatic heterocycles. The highest BCUT2D eigenvalue weighted by Gasteiger charge is 2.31. The monoisotopic (exact) mass is 383 g/mol. The number of carbonyl (C=O) groups is 1. The molecule has 0 amide bonds. The Labute approximate surface area is 153 Å². The van der Waals surface area contributed by atoms with Gasteiger partial charge in [-0.1, -0.05) is 12.2 Å². The third kappa shape index (κ3) is 7.13. The van der Waals surface area contributed by atoms with Gasteiger partial charge in [0.05, 0.1) is 5.56 Å². The number of alkyl halides is 3. The molecule has 1 aliphatic carbocycles. The van der Waals surface area contributed by atoms with E-state index in [1.54, 1.807) is 0 Å². The third-order valence-electron chi connectivity index (χ3n) is 4.05. The van der Waals surface area contributed by atoms with Crippen molar-refractivity contribution in [2.45, 2.75) is 38.1 Å². The van der Waals surface area contributed by atoms with Crippen molar-refractivity contribution in [1.82, 2.24) is 0 Å². The van der Waals surface area contributed by atoms with E-state index in [4.69, 9.17) is 10.00 Å². The molecule has 1 aromatic carbocycles. The van der Waals surface area contributed by atoms with Crippen molar-refractivity contribution in [2.24, 2.45) is 5.92 Å². The molecule has 0 heterocycles. The molecule has 0 unspecified atom stereocenters. The summed E-state index contributed by atoms with van der Waals surface area (Å²) in [5.74, 6) is -1.66. The molecule has 0 aromatic heterocycles. The van der Waals surface area contributed by atoms with Gasteiger partial charge in [0.1, 0.15) is 17.9 Å². The van der Waals surface area contributed by atoms with Gasteiger partial charge in [-0.3, -0.25) is 0 Å². The summed E-state index contributed by atoms with van der Waals surface area (Å²) in [5, 5.41) is 8.32. The molecular weight excluding hydrogens is 366 g/mol. The first kappa shape index (κ1) is 20.5. The Kier molecular flexibility index (Phi) is 6.99. The zero-order chi connectivity index (χ0) is 19.9. The van der Waals surface area contributed by atoms with Crippen LogP contribution >= 0.6 is 0 Å². The number of allylic oxidation sites excluding steroid dienone is 4. The Hall–Kier alpha value is -2.82. The molecule has 4 nitrogen and oxygen atoms in total. The molecule has 0 bridgehead atoms. The van der Waals surface area contributed by atoms with Gasteiger partial charge in [0.15, 0.2) is 5.83 Å². The van der Waals surface area contributed by atoms with Crippen LogP contribution in [0.15, 0.2) is 48.3 Å². The summed E-state index contributed by atoms with van der Waals surface area (Å²) in [4.78, 5) is 12.1. The van der Waals surface area contributed by atoms with Gasteiger partial charge >= 0.3 is 12.3 Å². The highest BCUT2D eigenvalue weighted by atomic mass is 19.4. The summed E-state index contributed by atoms with van der Waals surface area (Å²) in [5.41, 5.74) is 0.142. The van der Waals surface area contributed by atoms with E-state index in [9.17, 15) is 22.4 Å². The lowest BCUT2D eigenvalue weighted by Crippen LogP contribution is -2.24. The summed E-state index contributed by atoms with van der Waals surface area (Å²) in [6.45, 7) is 0. The van der Waals surface area contributed by atoms with Crippen LogP contribution in [0.3, 0.4) is 0 Å². The fraction of sp³-hybridized carbons (Fsp3) is 0.368. The van der Waals surface area contributed by atoms with Crippen LogP contribution in [-0.4, -0.2) is 18.4 Å². The molecular formula is C19H17F4NO3. The number of hydrogen-bond acceptors (Lipinski definition) is 4. The van der Waals surface area contributed by atoms with Crippen LogP contribution in [0.2, 0.25) is 0 Å². The van der Waals surface area contributed by atoms with E-state index in [-0.39, 0.29) is 17.6 Å². The van der Waals surface area contributed by atoms with Crippen LogP contribution in [0.5, 0.6) is 5.75 Å². The van der Waals surface area contributed by atoms with Gasteiger partial charge in [-0.05, 0) is 61.9 Å². The van der Waals surface area contributed by atoms with Gasteiger partial charge in [0, 0.05) is 0 Å². The van der Waals surface area contributed by atoms with E-state index in [1.807, 2.05) is 6.08 Å². The van der Waals surface area contributed by atoms with E-state index in [0.29, 0.717) is 12.8 Å². The van der Waals surface area contributed by atoms with Crippen molar-refractivity contribution in [3.63, 3.8) is 0 Å². The zero-order valence-electron chi connectivity index (χ0n) is 14.2. The smallest absolute Gasteiger partial charge is 0.459 e. The first-order valence-electron chi connectivity index (χ1n) is 8.27. The predicted molar refractivity (Wildman–Crippen MR) is 88.2 cm³/mol. The Morgan fingerprint density at radius 3 is 2.33 bits per heavy atom. The second kappa shape index (κ2) is 9.21. The molecule has 2 rings (SSSR count). The zero-order valence-corrected chi connectivity index (χ0v) is 14.2. The van der Waals surface area contributed by atoms with E-state index < -0.39 is 23.9 Å². The molecule has 0 atom stereocenters. The number of nitriles is 1. The van der Waals surface area contributed by atoms with Crippen LogP contribution in [0.1, 0.15) is 36.0 Å². The average molecular weight is 383 g/mol. The summed E-state index contributed by atoms with van der Waals surface area (Å²) in [6, 6.07) is 5.93. The molecule has 1 aromatic rings. The minimum Gasteiger partial charge on any atom is -0.459 e. The van der Waals surface area contributed by atoms with Crippen LogP contribution < -0.4 is 4.74 Å². The normalized spacial score (nSPS) is 20.9. The van der Waals surface area contributed by atoms with Crippen molar-refractivity contribution >= 4 is 5.97 Å². The van der Waals surface area contributed by atoms with Gasteiger partial charge in [-0.15, -0.1) is 13.2 Å². The van der Waals surface area contributed by atoms with E-state index in [1.165, 1.54) is 24.3 Å². The molecule has 0 saturated heterocycles. The fourth-order valence-electron chi connectivity index (χ4n) is 2.75. The Morgan fingerprint density at radius 1 is 1.15 bits per heavy atom. The van der Waals surface area contributed by atoms with Crippen LogP contribution in [0.4, 0.5) is 17.6 Å². The molecule has 0 spiro atoms. The standard InChI is InChI=1S/C19H17F4NO3/c20-15(12-24)3-1-2-13-4-8-16(9-5-13)26-18(25)14-6-10-17(11-7-14)27-19(21,22)23/h1-3,6-7,10-11,13,16H,4-5,8-9H2/b2-1+,15-3?. The molecule has 8 heteroatoms. The van der Waals surface area contributed by atoms with Gasteiger partial charge in [0.25, 0.3) is 0 Å². The van der Waals surface area contributed by atoms with Gasteiger partial charge in [-0.25, -0.2) is 4.79 Å². The maximum atomic E-state index is 12.7. The van der Waals surface area contributed by atoms with Gasteiger partial charge < -0.3 is 9.47 Å². The maximum Gasteiger partial charge on any atom is 0.573 e. The SMILES string of the molecule is N#CC(F)=C/C=C/C1CCC(OC(=O)c2ccc(OC(F)(F)F)cc2)CC1. The lowest BCUT2D eigenvalue weighted by atomic mass is 9.87. The highest BCUT2D eigenvalue weighted by molar-refractivity contribution is 5.89. The average Bonchev–Trinajstić information content (AvgIpc) is 2.62. The Balaban J connectivity index is 1.81. The van der Waals surface area contributed by atoms with Crippen molar-refractivity contribution in [2.75, 3.05) is 0 Å². The molecule has 1 aliphatic rings. The minimum absolute atomic E-state index is 0.142. The molecule has 1 saturated carbocycles. The van der Waals surface area contributed by atoms with Gasteiger partial charge in [-0.2, -0.15) is 9.65 Å². The second-order valence-corrected chi connectivity index (χ2v) is 6.03. The summed E-state index contributed by atoms with van der Waals surface area (Å²) in [6.07, 6.45) is 2.09. The van der Waals surface area contributed by atoms with Gasteiger partial charge in [0.2, 0.25) is 0 Å². The first-order chi connectivity index (χ1) is 12.8. The van der Waals surface area contributed by atoms with Crippen molar-refractivity contribution in [3.8, 4) is 11.8 Å². The molecule has 0 radical (unpaired) electrons. The van der Waals surface area contributed by atoms with Crippen molar-refractivity contribution in [3.05, 3.63) is 53.9 Å². The lowest BCUT2D eigenvalue weighted by Gasteiger charge is -2.26. The quantitative estimate of drug-likeness (QED) is 0.302. The van der Waals surface area contributed by atoms with E-state index in [0.717, 1.165) is 31.1 Å². The summed E-state index contributed by atoms with van der Waals surface area (Å²) in [7, 11) is 0. The molecule has 0 N–H and O–H groups in total. The van der Waals surface area contributed by atoms with Crippen LogP contribution in [-0.2, 0) is 4.74 Å². The molecule has 27 heavy (non-hydrogen) atoms. The number of hydrogen-bond donors (Lipinski definition) is 0. The van der Waals surface area contributed by atoms with Crippen LogP contribution in [0, 0.1) is 17.2 Å². The highest BCUT2D eigenvalue weighted by Crippen LogP contribution is 2.28. The number of benzene rings is 1. The second-order valence-electron chi connectivity index (χ2n) is 6.03. The predicted octanol–water partition coefficient (Wildman–Crippen LogP) is 5.23. The minimum atomic E-state index is -4.79. The Morgan fingerprint density at radius 2 is 1.78 bits per heavy atom. The number of rotatable bonds is 5.